The summed E-state index contributed by atoms with van der Waals surface area (Å²) in [6, 6.07) is 5.75. The third-order valence-electron chi connectivity index (χ3n) is 3.24. The summed E-state index contributed by atoms with van der Waals surface area (Å²) in [7, 11) is 1.60. The molecule has 20 heavy (non-hydrogen) atoms. The molecule has 0 amide bonds. The smallest absolute Gasteiger partial charge is 0.237 e. The van der Waals surface area contributed by atoms with Crippen molar-refractivity contribution in [3.8, 4) is 17.1 Å². The molecule has 106 valence electrons. The van der Waals surface area contributed by atoms with E-state index in [0.29, 0.717) is 23.9 Å². The Hall–Kier alpha value is -2.17. The summed E-state index contributed by atoms with van der Waals surface area (Å²) in [5.74, 6) is 1.17. The van der Waals surface area contributed by atoms with Crippen molar-refractivity contribution in [1.29, 1.82) is 0 Å². The van der Waals surface area contributed by atoms with Gasteiger partial charge in [-0.05, 0) is 31.5 Å². The number of methoxy groups -OCH3 is 1. The second-order valence-corrected chi connectivity index (χ2v) is 4.70. The maximum absolute atomic E-state index is 11.7. The van der Waals surface area contributed by atoms with Gasteiger partial charge in [-0.25, -0.2) is 0 Å². The summed E-state index contributed by atoms with van der Waals surface area (Å²) in [6.45, 7) is 5.57. The zero-order chi connectivity index (χ0) is 14.7. The van der Waals surface area contributed by atoms with E-state index in [0.717, 1.165) is 11.1 Å². The Bertz CT molecular complexity index is 619. The normalized spacial score (nSPS) is 12.2. The number of hydrogen-bond donors (Lipinski definition) is 0. The molecule has 0 N–H and O–H groups in total. The number of Topliss-reactive ketones (excluding diaryl/α,β-unsaturated/α-hetero) is 1. The first-order valence-corrected chi connectivity index (χ1v) is 6.58. The molecule has 1 heterocycles. The largest absolute Gasteiger partial charge is 0.496 e. The molecule has 0 aliphatic rings. The molecular formula is C15H18N2O3. The Balaban J connectivity index is 2.36. The van der Waals surface area contributed by atoms with Crippen molar-refractivity contribution in [2.24, 2.45) is 0 Å². The molecule has 1 unspecified atom stereocenters. The van der Waals surface area contributed by atoms with E-state index in [1.54, 1.807) is 14.0 Å². The summed E-state index contributed by atoms with van der Waals surface area (Å²) in [5, 5.41) is 3.94. The first kappa shape index (κ1) is 14.2. The van der Waals surface area contributed by atoms with E-state index in [1.807, 2.05) is 32.0 Å². The maximum atomic E-state index is 11.7. The van der Waals surface area contributed by atoms with Crippen LogP contribution in [0.3, 0.4) is 0 Å². The predicted octanol–water partition coefficient (Wildman–Crippen LogP) is 3.14. The van der Waals surface area contributed by atoms with Crippen LogP contribution in [-0.4, -0.2) is 23.0 Å². The van der Waals surface area contributed by atoms with Gasteiger partial charge in [0.2, 0.25) is 11.7 Å². The SMILES string of the molecule is CCC(=O)C(C)c1nc(-c2ccc(C)cc2OC)no1. The summed E-state index contributed by atoms with van der Waals surface area (Å²) >= 11 is 0. The highest BCUT2D eigenvalue weighted by atomic mass is 16.5. The van der Waals surface area contributed by atoms with Gasteiger partial charge in [0, 0.05) is 6.42 Å². The highest BCUT2D eigenvalue weighted by Gasteiger charge is 2.21. The summed E-state index contributed by atoms with van der Waals surface area (Å²) in [6.07, 6.45) is 0.451. The van der Waals surface area contributed by atoms with Gasteiger partial charge >= 0.3 is 0 Å². The van der Waals surface area contributed by atoms with Crippen LogP contribution in [-0.2, 0) is 4.79 Å². The molecule has 2 aromatic rings. The van der Waals surface area contributed by atoms with E-state index in [2.05, 4.69) is 10.1 Å². The van der Waals surface area contributed by atoms with Gasteiger partial charge in [0.15, 0.2) is 0 Å². The number of nitrogens with zero attached hydrogens (tertiary/aromatic N) is 2. The van der Waals surface area contributed by atoms with Crippen LogP contribution in [0.5, 0.6) is 5.75 Å². The summed E-state index contributed by atoms with van der Waals surface area (Å²) in [4.78, 5) is 16.0. The minimum absolute atomic E-state index is 0.0797. The number of ketones is 1. The second kappa shape index (κ2) is 5.86. The molecule has 2 rings (SSSR count). The average molecular weight is 274 g/mol. The molecule has 0 bridgehead atoms. The zero-order valence-electron chi connectivity index (χ0n) is 12.1. The average Bonchev–Trinajstić information content (AvgIpc) is 2.94. The number of hydrogen-bond acceptors (Lipinski definition) is 5. The standard InChI is InChI=1S/C15H18N2O3/c1-5-12(18)10(3)15-16-14(17-20-15)11-7-6-9(2)8-13(11)19-4/h6-8,10H,5H2,1-4H3. The lowest BCUT2D eigenvalue weighted by molar-refractivity contribution is -0.120. The summed E-state index contributed by atoms with van der Waals surface area (Å²) in [5.41, 5.74) is 1.84. The van der Waals surface area contributed by atoms with Crippen molar-refractivity contribution in [3.05, 3.63) is 29.7 Å². The molecule has 0 saturated heterocycles. The fourth-order valence-corrected chi connectivity index (χ4v) is 1.95. The van der Waals surface area contributed by atoms with Gasteiger partial charge in [0.1, 0.15) is 11.5 Å². The Kier molecular flexibility index (Phi) is 4.17. The van der Waals surface area contributed by atoms with E-state index in [-0.39, 0.29) is 11.7 Å². The van der Waals surface area contributed by atoms with E-state index in [4.69, 9.17) is 9.26 Å². The highest BCUT2D eigenvalue weighted by Crippen LogP contribution is 2.29. The Morgan fingerprint density at radius 3 is 2.85 bits per heavy atom. The van der Waals surface area contributed by atoms with Crippen LogP contribution in [0.25, 0.3) is 11.4 Å². The van der Waals surface area contributed by atoms with Gasteiger partial charge < -0.3 is 9.26 Å². The fraction of sp³-hybridized carbons (Fsp3) is 0.400. The fourth-order valence-electron chi connectivity index (χ4n) is 1.95. The topological polar surface area (TPSA) is 65.2 Å². The number of carbonyl (C=O) groups is 1. The molecule has 1 aromatic carbocycles. The van der Waals surface area contributed by atoms with Crippen LogP contribution in [0.2, 0.25) is 0 Å². The molecule has 0 aliphatic heterocycles. The van der Waals surface area contributed by atoms with Crippen LogP contribution >= 0.6 is 0 Å². The lowest BCUT2D eigenvalue weighted by Crippen LogP contribution is -2.07. The van der Waals surface area contributed by atoms with Crippen molar-refractivity contribution in [2.75, 3.05) is 7.11 Å². The molecule has 1 aromatic heterocycles. The second-order valence-electron chi connectivity index (χ2n) is 4.70. The predicted molar refractivity (Wildman–Crippen MR) is 74.7 cm³/mol. The Morgan fingerprint density at radius 2 is 2.20 bits per heavy atom. The number of aromatic nitrogens is 2. The maximum Gasteiger partial charge on any atom is 0.237 e. The summed E-state index contributed by atoms with van der Waals surface area (Å²) < 4.78 is 10.5. The quantitative estimate of drug-likeness (QED) is 0.838. The Morgan fingerprint density at radius 1 is 1.45 bits per heavy atom. The van der Waals surface area contributed by atoms with Crippen LogP contribution < -0.4 is 4.74 Å². The molecule has 5 nitrogen and oxygen atoms in total. The highest BCUT2D eigenvalue weighted by molar-refractivity contribution is 5.84. The third-order valence-corrected chi connectivity index (χ3v) is 3.24. The zero-order valence-corrected chi connectivity index (χ0v) is 12.1. The minimum Gasteiger partial charge on any atom is -0.496 e. The van der Waals surface area contributed by atoms with Crippen LogP contribution in [0.15, 0.2) is 22.7 Å². The monoisotopic (exact) mass is 274 g/mol. The van der Waals surface area contributed by atoms with E-state index in [9.17, 15) is 4.79 Å². The lowest BCUT2D eigenvalue weighted by Gasteiger charge is -2.05. The Labute approximate surface area is 118 Å². The number of carbonyl (C=O) groups excluding carboxylic acids is 1. The van der Waals surface area contributed by atoms with Gasteiger partial charge in [-0.1, -0.05) is 18.1 Å². The number of aryl methyl sites for hydroxylation is 1. The van der Waals surface area contributed by atoms with Crippen molar-refractivity contribution in [1.82, 2.24) is 10.1 Å². The van der Waals surface area contributed by atoms with Gasteiger partial charge in [-0.3, -0.25) is 4.79 Å². The molecular weight excluding hydrogens is 256 g/mol. The van der Waals surface area contributed by atoms with Crippen molar-refractivity contribution in [3.63, 3.8) is 0 Å². The van der Waals surface area contributed by atoms with Gasteiger partial charge in [-0.2, -0.15) is 4.98 Å². The van der Waals surface area contributed by atoms with Crippen molar-refractivity contribution < 1.29 is 14.1 Å². The number of benzene rings is 1. The van der Waals surface area contributed by atoms with Crippen LogP contribution in [0.1, 0.15) is 37.6 Å². The third kappa shape index (κ3) is 2.71. The molecule has 5 heteroatoms. The van der Waals surface area contributed by atoms with Crippen LogP contribution in [0, 0.1) is 6.92 Å². The first-order chi connectivity index (χ1) is 9.56. The minimum atomic E-state index is -0.377. The molecule has 0 aliphatic carbocycles. The van der Waals surface area contributed by atoms with E-state index >= 15 is 0 Å². The van der Waals surface area contributed by atoms with Crippen molar-refractivity contribution in [2.45, 2.75) is 33.1 Å². The van der Waals surface area contributed by atoms with Gasteiger partial charge in [0.25, 0.3) is 0 Å². The van der Waals surface area contributed by atoms with Gasteiger partial charge in [-0.15, -0.1) is 0 Å². The first-order valence-electron chi connectivity index (χ1n) is 6.58. The van der Waals surface area contributed by atoms with Crippen molar-refractivity contribution >= 4 is 5.78 Å². The van der Waals surface area contributed by atoms with E-state index in [1.165, 1.54) is 0 Å². The molecule has 0 spiro atoms. The molecule has 0 fully saturated rings. The number of ether oxygens (including phenoxy) is 1. The molecule has 0 saturated carbocycles. The lowest BCUT2D eigenvalue weighted by atomic mass is 10.1. The van der Waals surface area contributed by atoms with E-state index < -0.39 is 0 Å². The molecule has 0 radical (unpaired) electrons. The molecule has 1 atom stereocenters. The van der Waals surface area contributed by atoms with Gasteiger partial charge in [0.05, 0.1) is 18.6 Å². The van der Waals surface area contributed by atoms with Crippen LogP contribution in [0.4, 0.5) is 0 Å². The number of rotatable bonds is 5.